The van der Waals surface area contributed by atoms with E-state index in [-0.39, 0.29) is 6.54 Å². The quantitative estimate of drug-likeness (QED) is 0.468. The zero-order chi connectivity index (χ0) is 22.2. The largest absolute Gasteiger partial charge is 0.489 e. The van der Waals surface area contributed by atoms with Crippen LogP contribution in [0.5, 0.6) is 5.75 Å². The number of carboxylic acids is 1. The second kappa shape index (κ2) is 8.00. The van der Waals surface area contributed by atoms with Crippen LogP contribution in [0, 0.1) is 0 Å². The maximum atomic E-state index is 11.6. The lowest BCUT2D eigenvalue weighted by atomic mass is 10.1. The van der Waals surface area contributed by atoms with Crippen molar-refractivity contribution in [3.05, 3.63) is 66.1 Å². The Morgan fingerprint density at radius 3 is 2.58 bits per heavy atom. The van der Waals surface area contributed by atoms with Gasteiger partial charge in [0.1, 0.15) is 29.6 Å². The van der Waals surface area contributed by atoms with Crippen molar-refractivity contribution >= 4 is 27.9 Å². The van der Waals surface area contributed by atoms with Crippen molar-refractivity contribution in [1.82, 2.24) is 14.5 Å². The predicted molar refractivity (Wildman–Crippen MR) is 118 cm³/mol. The number of aliphatic hydroxyl groups is 1. The van der Waals surface area contributed by atoms with Gasteiger partial charge in [0.25, 0.3) is 0 Å². The van der Waals surface area contributed by atoms with Gasteiger partial charge in [-0.25, -0.2) is 4.98 Å². The summed E-state index contributed by atoms with van der Waals surface area (Å²) in [6.07, 6.45) is 1.64. The van der Waals surface area contributed by atoms with Crippen LogP contribution in [-0.2, 0) is 17.9 Å². The number of hydrogen-bond acceptors (Lipinski definition) is 5. The summed E-state index contributed by atoms with van der Waals surface area (Å²) in [6, 6.07) is 15.5. The van der Waals surface area contributed by atoms with E-state index in [0.717, 1.165) is 16.5 Å². The van der Waals surface area contributed by atoms with Gasteiger partial charge in [0.15, 0.2) is 0 Å². The molecule has 0 fully saturated rings. The Labute approximate surface area is 179 Å². The summed E-state index contributed by atoms with van der Waals surface area (Å²) in [5.74, 6) is -0.710. The Morgan fingerprint density at radius 1 is 1.16 bits per heavy atom. The summed E-state index contributed by atoms with van der Waals surface area (Å²) in [6.45, 7) is 5.63. The topological polar surface area (TPSA) is 97.5 Å². The van der Waals surface area contributed by atoms with Crippen LogP contribution >= 0.6 is 0 Å². The van der Waals surface area contributed by atoms with Crippen molar-refractivity contribution in [3.63, 3.8) is 0 Å². The average molecular weight is 419 g/mol. The Morgan fingerprint density at radius 2 is 1.90 bits per heavy atom. The zero-order valence-electron chi connectivity index (χ0n) is 17.7. The molecule has 1 unspecified atom stereocenters. The lowest BCUT2D eigenvalue weighted by Crippen LogP contribution is -2.28. The summed E-state index contributed by atoms with van der Waals surface area (Å²) in [7, 11) is 0. The molecule has 4 rings (SSSR count). The number of rotatable bonds is 7. The summed E-state index contributed by atoms with van der Waals surface area (Å²) in [5, 5.41) is 20.8. The number of carboxylic acid groups (broad SMARTS) is 1. The first-order valence-corrected chi connectivity index (χ1v) is 10.1. The molecule has 1 atom stereocenters. The number of carbonyl (C=O) groups is 1. The molecule has 7 heteroatoms. The third kappa shape index (κ3) is 4.36. The summed E-state index contributed by atoms with van der Waals surface area (Å²) in [4.78, 5) is 20.7. The minimum atomic E-state index is -1.05. The van der Waals surface area contributed by atoms with E-state index in [0.29, 0.717) is 29.2 Å². The van der Waals surface area contributed by atoms with Gasteiger partial charge in [-0.05, 0) is 38.5 Å². The lowest BCUT2D eigenvalue weighted by Gasteiger charge is -2.21. The van der Waals surface area contributed by atoms with Gasteiger partial charge in [-0.2, -0.15) is 0 Å². The lowest BCUT2D eigenvalue weighted by molar-refractivity contribution is -0.138. The zero-order valence-corrected chi connectivity index (χ0v) is 17.7. The Hall–Kier alpha value is -3.45. The van der Waals surface area contributed by atoms with E-state index in [4.69, 9.17) is 4.74 Å². The number of hydrogen-bond donors (Lipinski definition) is 2. The highest BCUT2D eigenvalue weighted by Crippen LogP contribution is 2.31. The summed E-state index contributed by atoms with van der Waals surface area (Å²) < 4.78 is 7.71. The van der Waals surface area contributed by atoms with Gasteiger partial charge in [0, 0.05) is 11.5 Å². The Bertz CT molecular complexity index is 1240. The summed E-state index contributed by atoms with van der Waals surface area (Å²) >= 11 is 0. The van der Waals surface area contributed by atoms with Crippen molar-refractivity contribution in [3.8, 4) is 5.75 Å². The van der Waals surface area contributed by atoms with Gasteiger partial charge in [-0.3, -0.25) is 9.78 Å². The number of fused-ring (bicyclic) bond motifs is 3. The van der Waals surface area contributed by atoms with Gasteiger partial charge in [-0.1, -0.05) is 30.3 Å². The standard InChI is InChI=1S/C24H25N3O4/c1-15(23(28)29)22-26-20-12-25-19-11-17(31-13-16-7-5-4-6-8-16)9-10-18(19)21(20)27(22)14-24(2,3)30/h4-12,15,30H,13-14H2,1-3H3,(H,28,29). The van der Waals surface area contributed by atoms with Gasteiger partial charge in [0.2, 0.25) is 0 Å². The van der Waals surface area contributed by atoms with Gasteiger partial charge in [0.05, 0.1) is 29.4 Å². The molecule has 2 aromatic carbocycles. The fourth-order valence-electron chi connectivity index (χ4n) is 3.63. The maximum absolute atomic E-state index is 11.6. The molecule has 0 spiro atoms. The molecule has 2 aromatic heterocycles. The fourth-order valence-corrected chi connectivity index (χ4v) is 3.63. The van der Waals surface area contributed by atoms with Crippen LogP contribution in [0.4, 0.5) is 0 Å². The molecule has 0 amide bonds. The van der Waals surface area contributed by atoms with Crippen molar-refractivity contribution < 1.29 is 19.7 Å². The van der Waals surface area contributed by atoms with Gasteiger partial charge >= 0.3 is 5.97 Å². The highest BCUT2D eigenvalue weighted by atomic mass is 16.5. The molecule has 0 aliphatic rings. The molecule has 7 nitrogen and oxygen atoms in total. The van der Waals surface area contributed by atoms with E-state index in [1.807, 2.05) is 48.5 Å². The minimum Gasteiger partial charge on any atom is -0.489 e. The Balaban J connectivity index is 1.79. The van der Waals surface area contributed by atoms with E-state index in [1.165, 1.54) is 0 Å². The number of imidazole rings is 1. The Kier molecular flexibility index (Phi) is 5.37. The maximum Gasteiger partial charge on any atom is 0.313 e. The third-order valence-corrected chi connectivity index (χ3v) is 5.13. The van der Waals surface area contributed by atoms with Crippen LogP contribution in [-0.4, -0.2) is 36.3 Å². The van der Waals surface area contributed by atoms with Crippen LogP contribution in [0.3, 0.4) is 0 Å². The van der Waals surface area contributed by atoms with Crippen LogP contribution in [0.25, 0.3) is 21.9 Å². The van der Waals surface area contributed by atoms with Crippen molar-refractivity contribution in [2.45, 2.75) is 45.4 Å². The number of ether oxygens (including phenoxy) is 1. The molecular formula is C24H25N3O4. The normalized spacial score (nSPS) is 12.9. The molecular weight excluding hydrogens is 394 g/mol. The predicted octanol–water partition coefficient (Wildman–Crippen LogP) is 4.12. The third-order valence-electron chi connectivity index (χ3n) is 5.13. The molecule has 0 saturated heterocycles. The minimum absolute atomic E-state index is 0.210. The van der Waals surface area contributed by atoms with Crippen LogP contribution in [0.2, 0.25) is 0 Å². The second-order valence-electron chi connectivity index (χ2n) is 8.37. The molecule has 0 saturated carbocycles. The highest BCUT2D eigenvalue weighted by Gasteiger charge is 2.26. The van der Waals surface area contributed by atoms with E-state index in [9.17, 15) is 15.0 Å². The van der Waals surface area contributed by atoms with Crippen molar-refractivity contribution in [2.24, 2.45) is 0 Å². The summed E-state index contributed by atoms with van der Waals surface area (Å²) in [5.41, 5.74) is 2.09. The van der Waals surface area contributed by atoms with Crippen LogP contribution < -0.4 is 4.74 Å². The first-order valence-electron chi connectivity index (χ1n) is 10.1. The SMILES string of the molecule is CC(C(=O)O)c1nc2cnc3cc(OCc4ccccc4)ccc3c2n1CC(C)(C)O. The van der Waals surface area contributed by atoms with Gasteiger partial charge < -0.3 is 19.5 Å². The molecule has 0 aliphatic heterocycles. The van der Waals surface area contributed by atoms with Gasteiger partial charge in [-0.15, -0.1) is 0 Å². The highest BCUT2D eigenvalue weighted by molar-refractivity contribution is 6.03. The molecule has 31 heavy (non-hydrogen) atoms. The molecule has 2 heterocycles. The van der Waals surface area contributed by atoms with E-state index in [1.54, 1.807) is 31.5 Å². The van der Waals surface area contributed by atoms with E-state index in [2.05, 4.69) is 9.97 Å². The molecule has 0 radical (unpaired) electrons. The van der Waals surface area contributed by atoms with Crippen molar-refractivity contribution in [2.75, 3.05) is 0 Å². The average Bonchev–Trinajstić information content (AvgIpc) is 3.09. The monoisotopic (exact) mass is 419 g/mol. The number of aromatic nitrogens is 3. The molecule has 2 N–H and O–H groups in total. The first-order chi connectivity index (χ1) is 14.7. The second-order valence-corrected chi connectivity index (χ2v) is 8.37. The molecule has 4 aromatic rings. The van der Waals surface area contributed by atoms with Crippen molar-refractivity contribution in [1.29, 1.82) is 0 Å². The molecule has 160 valence electrons. The first kappa shape index (κ1) is 20.8. The van der Waals surface area contributed by atoms with E-state index < -0.39 is 17.5 Å². The number of nitrogens with zero attached hydrogens (tertiary/aromatic N) is 3. The van der Waals surface area contributed by atoms with Crippen LogP contribution in [0.1, 0.15) is 38.1 Å². The number of pyridine rings is 1. The number of benzene rings is 2. The fraction of sp³-hybridized carbons (Fsp3) is 0.292. The van der Waals surface area contributed by atoms with E-state index >= 15 is 0 Å². The van der Waals surface area contributed by atoms with Crippen LogP contribution in [0.15, 0.2) is 54.7 Å². The number of aliphatic carboxylic acids is 1. The molecule has 0 aliphatic carbocycles. The smallest absolute Gasteiger partial charge is 0.313 e. The molecule has 0 bridgehead atoms.